The maximum absolute atomic E-state index is 12.3. The Labute approximate surface area is 104 Å². The van der Waals surface area contributed by atoms with Crippen molar-refractivity contribution in [3.63, 3.8) is 0 Å². The summed E-state index contributed by atoms with van der Waals surface area (Å²) >= 11 is 0. The molecule has 0 aliphatic rings. The number of rotatable bonds is 5. The molecule has 0 aromatic heterocycles. The SMILES string of the molecule is Cc1ccc(C(=O)N(CCCN)C(C)C)cc1. The first kappa shape index (κ1) is 13.7. The fourth-order valence-electron chi connectivity index (χ4n) is 1.72. The van der Waals surface area contributed by atoms with Crippen LogP contribution in [-0.2, 0) is 0 Å². The fraction of sp³-hybridized carbons (Fsp3) is 0.500. The van der Waals surface area contributed by atoms with Crippen LogP contribution in [0.15, 0.2) is 24.3 Å². The van der Waals surface area contributed by atoms with E-state index in [-0.39, 0.29) is 11.9 Å². The largest absolute Gasteiger partial charge is 0.336 e. The van der Waals surface area contributed by atoms with Gasteiger partial charge in [-0.25, -0.2) is 0 Å². The van der Waals surface area contributed by atoms with Crippen LogP contribution in [-0.4, -0.2) is 29.9 Å². The van der Waals surface area contributed by atoms with Crippen molar-refractivity contribution in [3.05, 3.63) is 35.4 Å². The van der Waals surface area contributed by atoms with Crippen LogP contribution in [0.4, 0.5) is 0 Å². The first-order valence-corrected chi connectivity index (χ1v) is 6.14. The Kier molecular flexibility index (Phi) is 5.16. The first-order chi connectivity index (χ1) is 8.06. The maximum atomic E-state index is 12.3. The van der Waals surface area contributed by atoms with Gasteiger partial charge < -0.3 is 10.6 Å². The summed E-state index contributed by atoms with van der Waals surface area (Å²) < 4.78 is 0. The van der Waals surface area contributed by atoms with Crippen molar-refractivity contribution in [1.82, 2.24) is 4.90 Å². The number of nitrogens with zero attached hydrogens (tertiary/aromatic N) is 1. The predicted molar refractivity (Wildman–Crippen MR) is 71.0 cm³/mol. The summed E-state index contributed by atoms with van der Waals surface area (Å²) in [5, 5.41) is 0. The topological polar surface area (TPSA) is 46.3 Å². The van der Waals surface area contributed by atoms with Gasteiger partial charge in [0.25, 0.3) is 5.91 Å². The summed E-state index contributed by atoms with van der Waals surface area (Å²) in [6.07, 6.45) is 0.843. The molecule has 17 heavy (non-hydrogen) atoms. The molecule has 0 spiro atoms. The second kappa shape index (κ2) is 6.40. The van der Waals surface area contributed by atoms with Crippen LogP contribution in [0, 0.1) is 6.92 Å². The van der Waals surface area contributed by atoms with Crippen molar-refractivity contribution in [2.45, 2.75) is 33.2 Å². The quantitative estimate of drug-likeness (QED) is 0.849. The van der Waals surface area contributed by atoms with Crippen molar-refractivity contribution < 1.29 is 4.79 Å². The lowest BCUT2D eigenvalue weighted by Gasteiger charge is -2.26. The molecule has 0 fully saturated rings. The molecule has 0 aliphatic heterocycles. The molecule has 0 radical (unpaired) electrons. The first-order valence-electron chi connectivity index (χ1n) is 6.14. The highest BCUT2D eigenvalue weighted by atomic mass is 16.2. The van der Waals surface area contributed by atoms with Crippen LogP contribution < -0.4 is 5.73 Å². The minimum absolute atomic E-state index is 0.0912. The third-order valence-electron chi connectivity index (χ3n) is 2.79. The number of nitrogens with two attached hydrogens (primary N) is 1. The maximum Gasteiger partial charge on any atom is 0.254 e. The molecule has 0 saturated heterocycles. The number of carbonyl (C=O) groups excluding carboxylic acids is 1. The highest BCUT2D eigenvalue weighted by molar-refractivity contribution is 5.94. The molecule has 3 nitrogen and oxygen atoms in total. The number of amides is 1. The van der Waals surface area contributed by atoms with Gasteiger partial charge in [-0.15, -0.1) is 0 Å². The van der Waals surface area contributed by atoms with Crippen molar-refractivity contribution in [1.29, 1.82) is 0 Å². The predicted octanol–water partition coefficient (Wildman–Crippen LogP) is 2.19. The standard InChI is InChI=1S/C14H22N2O/c1-11(2)16(10-4-9-15)14(17)13-7-5-12(3)6-8-13/h5-8,11H,4,9-10,15H2,1-3H3. The lowest BCUT2D eigenvalue weighted by molar-refractivity contribution is 0.0705. The molecular weight excluding hydrogens is 212 g/mol. The molecule has 94 valence electrons. The van der Waals surface area contributed by atoms with Crippen LogP contribution in [0.5, 0.6) is 0 Å². The Balaban J connectivity index is 2.80. The number of carbonyl (C=O) groups is 1. The average Bonchev–Trinajstić information content (AvgIpc) is 2.29. The van der Waals surface area contributed by atoms with E-state index in [1.165, 1.54) is 5.56 Å². The second-order valence-corrected chi connectivity index (χ2v) is 4.60. The molecule has 1 aromatic rings. The molecule has 0 aliphatic carbocycles. The lowest BCUT2D eigenvalue weighted by Crippen LogP contribution is -2.38. The van der Waals surface area contributed by atoms with Crippen molar-refractivity contribution in [3.8, 4) is 0 Å². The van der Waals surface area contributed by atoms with Crippen molar-refractivity contribution in [2.75, 3.05) is 13.1 Å². The van der Waals surface area contributed by atoms with Crippen LogP contribution in [0.25, 0.3) is 0 Å². The fourth-order valence-corrected chi connectivity index (χ4v) is 1.72. The molecular formula is C14H22N2O. The summed E-state index contributed by atoms with van der Waals surface area (Å²) in [5.41, 5.74) is 7.42. The smallest absolute Gasteiger partial charge is 0.254 e. The molecule has 1 rings (SSSR count). The van der Waals surface area contributed by atoms with Crippen LogP contribution in [0.2, 0.25) is 0 Å². The van der Waals surface area contributed by atoms with Gasteiger partial charge in [0.2, 0.25) is 0 Å². The Morgan fingerprint density at radius 1 is 1.29 bits per heavy atom. The molecule has 0 bridgehead atoms. The highest BCUT2D eigenvalue weighted by Gasteiger charge is 2.17. The van der Waals surface area contributed by atoms with Gasteiger partial charge in [0, 0.05) is 18.2 Å². The molecule has 1 aromatic carbocycles. The Morgan fingerprint density at radius 2 is 1.88 bits per heavy atom. The molecule has 0 heterocycles. The Bertz CT molecular complexity index is 357. The van der Waals surface area contributed by atoms with Gasteiger partial charge >= 0.3 is 0 Å². The van der Waals surface area contributed by atoms with Gasteiger partial charge in [-0.2, -0.15) is 0 Å². The highest BCUT2D eigenvalue weighted by Crippen LogP contribution is 2.10. The Morgan fingerprint density at radius 3 is 2.35 bits per heavy atom. The third-order valence-corrected chi connectivity index (χ3v) is 2.79. The summed E-state index contributed by atoms with van der Waals surface area (Å²) in [4.78, 5) is 14.2. The van der Waals surface area contributed by atoms with Gasteiger partial charge in [0.05, 0.1) is 0 Å². The summed E-state index contributed by atoms with van der Waals surface area (Å²) in [5.74, 6) is 0.0912. The van der Waals surface area contributed by atoms with Crippen molar-refractivity contribution in [2.24, 2.45) is 5.73 Å². The van der Waals surface area contributed by atoms with E-state index in [1.54, 1.807) is 0 Å². The Hall–Kier alpha value is -1.35. The minimum Gasteiger partial charge on any atom is -0.336 e. The molecule has 0 atom stereocenters. The molecule has 2 N–H and O–H groups in total. The van der Waals surface area contributed by atoms with Gasteiger partial charge in [-0.1, -0.05) is 17.7 Å². The van der Waals surface area contributed by atoms with Crippen LogP contribution in [0.1, 0.15) is 36.2 Å². The van der Waals surface area contributed by atoms with E-state index in [9.17, 15) is 4.79 Å². The number of hydrogen-bond acceptors (Lipinski definition) is 2. The van der Waals surface area contributed by atoms with Crippen molar-refractivity contribution >= 4 is 5.91 Å². The van der Waals surface area contributed by atoms with E-state index < -0.39 is 0 Å². The zero-order valence-electron chi connectivity index (χ0n) is 10.9. The van der Waals surface area contributed by atoms with Gasteiger partial charge in [-0.3, -0.25) is 4.79 Å². The van der Waals surface area contributed by atoms with Gasteiger partial charge in [0.15, 0.2) is 0 Å². The second-order valence-electron chi connectivity index (χ2n) is 4.60. The number of benzene rings is 1. The average molecular weight is 234 g/mol. The van der Waals surface area contributed by atoms with Gasteiger partial charge in [-0.05, 0) is 45.9 Å². The lowest BCUT2D eigenvalue weighted by atomic mass is 10.1. The molecule has 1 amide bonds. The zero-order valence-corrected chi connectivity index (χ0v) is 10.9. The van der Waals surface area contributed by atoms with E-state index in [4.69, 9.17) is 5.73 Å². The van der Waals surface area contributed by atoms with Gasteiger partial charge in [0.1, 0.15) is 0 Å². The minimum atomic E-state index is 0.0912. The molecule has 0 saturated carbocycles. The third kappa shape index (κ3) is 3.86. The van der Waals surface area contributed by atoms with E-state index in [0.717, 1.165) is 18.5 Å². The van der Waals surface area contributed by atoms with E-state index in [1.807, 2.05) is 49.9 Å². The van der Waals surface area contributed by atoms with E-state index in [0.29, 0.717) is 6.54 Å². The molecule has 0 unspecified atom stereocenters. The van der Waals surface area contributed by atoms with Crippen LogP contribution in [0.3, 0.4) is 0 Å². The monoisotopic (exact) mass is 234 g/mol. The summed E-state index contributed by atoms with van der Waals surface area (Å²) in [6.45, 7) is 7.42. The normalized spacial score (nSPS) is 10.6. The van der Waals surface area contributed by atoms with E-state index in [2.05, 4.69) is 0 Å². The summed E-state index contributed by atoms with van der Waals surface area (Å²) in [6, 6.07) is 7.91. The number of hydrogen-bond donors (Lipinski definition) is 1. The van der Waals surface area contributed by atoms with E-state index >= 15 is 0 Å². The number of aryl methyl sites for hydroxylation is 1. The summed E-state index contributed by atoms with van der Waals surface area (Å²) in [7, 11) is 0. The van der Waals surface area contributed by atoms with Crippen LogP contribution >= 0.6 is 0 Å². The zero-order chi connectivity index (χ0) is 12.8. The molecule has 3 heteroatoms.